The van der Waals surface area contributed by atoms with Crippen molar-refractivity contribution in [1.82, 2.24) is 0 Å². The summed E-state index contributed by atoms with van der Waals surface area (Å²) >= 11 is 2.39. The molecule has 0 aliphatic carbocycles. The Hall–Kier alpha value is -0.780. The lowest BCUT2D eigenvalue weighted by molar-refractivity contribution is -0.153. The zero-order valence-corrected chi connectivity index (χ0v) is 15.3. The van der Waals surface area contributed by atoms with E-state index in [0.717, 1.165) is 24.3 Å². The van der Waals surface area contributed by atoms with Crippen LogP contribution in [0.5, 0.6) is 5.75 Å². The molecule has 0 heterocycles. The fourth-order valence-corrected chi connectivity index (χ4v) is 2.39. The van der Waals surface area contributed by atoms with Crippen LogP contribution in [0.25, 0.3) is 0 Å². The summed E-state index contributed by atoms with van der Waals surface area (Å²) in [5.41, 5.74) is 0.484. The summed E-state index contributed by atoms with van der Waals surface area (Å²) in [7, 11) is 0. The van der Waals surface area contributed by atoms with Crippen LogP contribution in [0.3, 0.4) is 0 Å². The molecule has 0 fully saturated rings. The van der Waals surface area contributed by atoms with E-state index >= 15 is 0 Å². The van der Waals surface area contributed by atoms with E-state index in [4.69, 9.17) is 9.47 Å². The highest BCUT2D eigenvalue weighted by atomic mass is 127. The summed E-state index contributed by atoms with van der Waals surface area (Å²) in [6.45, 7) is 6.35. The van der Waals surface area contributed by atoms with Gasteiger partial charge in [0, 0.05) is 0 Å². The van der Waals surface area contributed by atoms with Gasteiger partial charge in [-0.3, -0.25) is 4.79 Å². The molecule has 0 spiro atoms. The van der Waals surface area contributed by atoms with Gasteiger partial charge in [-0.15, -0.1) is 0 Å². The number of benzene rings is 1. The highest BCUT2D eigenvalue weighted by Gasteiger charge is 2.16. The van der Waals surface area contributed by atoms with E-state index in [1.165, 1.54) is 17.3 Å². The molecule has 21 heavy (non-hydrogen) atoms. The standard InChI is InChI=1S/C17H25IO3/c1-17(2,3)21-16(19)13-14-8-7-9-15(12-14)20-11-6-4-5-10-18/h7-9,12H,4-6,10-11,13H2,1-3H3. The Bertz CT molecular complexity index is 438. The molecule has 0 aromatic heterocycles. The first kappa shape index (κ1) is 18.3. The molecule has 0 bridgehead atoms. The molecule has 1 aromatic carbocycles. The Morgan fingerprint density at radius 2 is 1.95 bits per heavy atom. The van der Waals surface area contributed by atoms with Crippen molar-refractivity contribution in [1.29, 1.82) is 0 Å². The molecule has 0 amide bonds. The molecule has 1 aromatic rings. The van der Waals surface area contributed by atoms with Gasteiger partial charge in [-0.1, -0.05) is 34.7 Å². The lowest BCUT2D eigenvalue weighted by atomic mass is 10.1. The van der Waals surface area contributed by atoms with Crippen LogP contribution in [0, 0.1) is 0 Å². The Balaban J connectivity index is 2.43. The van der Waals surface area contributed by atoms with Gasteiger partial charge in [0.05, 0.1) is 13.0 Å². The molecule has 0 unspecified atom stereocenters. The molecule has 118 valence electrons. The molecular weight excluding hydrogens is 379 g/mol. The van der Waals surface area contributed by atoms with Gasteiger partial charge in [-0.2, -0.15) is 0 Å². The van der Waals surface area contributed by atoms with Gasteiger partial charge in [0.15, 0.2) is 0 Å². The van der Waals surface area contributed by atoms with Gasteiger partial charge in [-0.05, 0) is 62.2 Å². The first-order valence-corrected chi connectivity index (χ1v) is 8.93. The Labute approximate surface area is 141 Å². The number of halogens is 1. The normalized spacial score (nSPS) is 11.2. The number of carbonyl (C=O) groups excluding carboxylic acids is 1. The molecule has 0 aliphatic rings. The lowest BCUT2D eigenvalue weighted by Gasteiger charge is -2.19. The fourth-order valence-electron chi connectivity index (χ4n) is 1.85. The van der Waals surface area contributed by atoms with Crippen LogP contribution >= 0.6 is 22.6 Å². The third-order valence-electron chi connectivity index (χ3n) is 2.71. The summed E-state index contributed by atoms with van der Waals surface area (Å²) in [6, 6.07) is 7.69. The van der Waals surface area contributed by atoms with Crippen molar-refractivity contribution in [2.75, 3.05) is 11.0 Å². The molecule has 1 rings (SSSR count). The molecule has 3 nitrogen and oxygen atoms in total. The fraction of sp³-hybridized carbons (Fsp3) is 0.588. The summed E-state index contributed by atoms with van der Waals surface area (Å²) in [5.74, 6) is 0.618. The number of alkyl halides is 1. The van der Waals surface area contributed by atoms with Gasteiger partial charge >= 0.3 is 5.97 Å². The average Bonchev–Trinajstić information content (AvgIpc) is 2.36. The Kier molecular flexibility index (Phi) is 8.07. The van der Waals surface area contributed by atoms with Gasteiger partial charge in [0.2, 0.25) is 0 Å². The maximum atomic E-state index is 11.8. The minimum absolute atomic E-state index is 0.207. The second-order valence-electron chi connectivity index (χ2n) is 6.01. The quantitative estimate of drug-likeness (QED) is 0.276. The molecule has 0 aliphatic heterocycles. The number of ether oxygens (including phenoxy) is 2. The predicted octanol–water partition coefficient (Wildman–Crippen LogP) is 4.55. The maximum absolute atomic E-state index is 11.8. The number of unbranched alkanes of at least 4 members (excludes halogenated alkanes) is 2. The first-order chi connectivity index (χ1) is 9.90. The third kappa shape index (κ3) is 8.96. The maximum Gasteiger partial charge on any atom is 0.310 e. The number of esters is 1. The Morgan fingerprint density at radius 1 is 1.19 bits per heavy atom. The van der Waals surface area contributed by atoms with E-state index in [-0.39, 0.29) is 12.4 Å². The highest BCUT2D eigenvalue weighted by molar-refractivity contribution is 14.1. The average molecular weight is 404 g/mol. The van der Waals surface area contributed by atoms with Gasteiger partial charge in [0.1, 0.15) is 11.4 Å². The van der Waals surface area contributed by atoms with Gasteiger partial charge < -0.3 is 9.47 Å². The molecule has 0 radical (unpaired) electrons. The summed E-state index contributed by atoms with van der Waals surface area (Å²) in [4.78, 5) is 11.8. The van der Waals surface area contributed by atoms with Crippen molar-refractivity contribution in [3.63, 3.8) is 0 Å². The first-order valence-electron chi connectivity index (χ1n) is 7.40. The lowest BCUT2D eigenvalue weighted by Crippen LogP contribution is -2.24. The molecule has 0 saturated heterocycles. The zero-order chi connectivity index (χ0) is 15.7. The molecular formula is C17H25IO3. The number of carbonyl (C=O) groups is 1. The summed E-state index contributed by atoms with van der Waals surface area (Å²) < 4.78 is 12.2. The number of hydrogen-bond donors (Lipinski definition) is 0. The molecule has 4 heteroatoms. The van der Waals surface area contributed by atoms with Crippen molar-refractivity contribution in [2.45, 2.75) is 52.1 Å². The minimum atomic E-state index is -0.441. The molecule has 0 saturated carbocycles. The van der Waals surface area contributed by atoms with Crippen molar-refractivity contribution >= 4 is 28.6 Å². The van der Waals surface area contributed by atoms with Crippen LogP contribution in [0.4, 0.5) is 0 Å². The minimum Gasteiger partial charge on any atom is -0.494 e. The van der Waals surface area contributed by atoms with E-state index in [0.29, 0.717) is 0 Å². The van der Waals surface area contributed by atoms with E-state index in [1.54, 1.807) is 0 Å². The molecule has 0 N–H and O–H groups in total. The van der Waals surface area contributed by atoms with Crippen LogP contribution in [0.15, 0.2) is 24.3 Å². The second-order valence-corrected chi connectivity index (χ2v) is 7.09. The molecule has 0 atom stereocenters. The number of rotatable bonds is 8. The Morgan fingerprint density at radius 3 is 2.62 bits per heavy atom. The topological polar surface area (TPSA) is 35.5 Å². The zero-order valence-electron chi connectivity index (χ0n) is 13.2. The van der Waals surface area contributed by atoms with Crippen LogP contribution in [0.1, 0.15) is 45.6 Å². The van der Waals surface area contributed by atoms with Crippen molar-refractivity contribution in [2.24, 2.45) is 0 Å². The highest BCUT2D eigenvalue weighted by Crippen LogP contribution is 2.16. The number of hydrogen-bond acceptors (Lipinski definition) is 3. The summed E-state index contributed by atoms with van der Waals surface area (Å²) in [6.07, 6.45) is 3.78. The van der Waals surface area contributed by atoms with E-state index in [1.807, 2.05) is 45.0 Å². The van der Waals surface area contributed by atoms with Crippen molar-refractivity contribution in [3.05, 3.63) is 29.8 Å². The summed E-state index contributed by atoms with van der Waals surface area (Å²) in [5, 5.41) is 0. The van der Waals surface area contributed by atoms with E-state index < -0.39 is 5.60 Å². The monoisotopic (exact) mass is 404 g/mol. The van der Waals surface area contributed by atoms with Crippen molar-refractivity contribution in [3.8, 4) is 5.75 Å². The van der Waals surface area contributed by atoms with Crippen LogP contribution in [-0.2, 0) is 16.0 Å². The van der Waals surface area contributed by atoms with Crippen LogP contribution in [-0.4, -0.2) is 22.6 Å². The predicted molar refractivity (Wildman–Crippen MR) is 94.2 cm³/mol. The second kappa shape index (κ2) is 9.28. The smallest absolute Gasteiger partial charge is 0.310 e. The third-order valence-corrected chi connectivity index (χ3v) is 3.48. The van der Waals surface area contributed by atoms with Crippen molar-refractivity contribution < 1.29 is 14.3 Å². The van der Waals surface area contributed by atoms with Gasteiger partial charge in [-0.25, -0.2) is 0 Å². The van der Waals surface area contributed by atoms with Crippen LogP contribution < -0.4 is 4.74 Å². The largest absolute Gasteiger partial charge is 0.494 e. The SMILES string of the molecule is CC(C)(C)OC(=O)Cc1cccc(OCCCCCI)c1. The van der Waals surface area contributed by atoms with Gasteiger partial charge in [0.25, 0.3) is 0 Å². The van der Waals surface area contributed by atoms with E-state index in [9.17, 15) is 4.79 Å². The van der Waals surface area contributed by atoms with E-state index in [2.05, 4.69) is 22.6 Å². The van der Waals surface area contributed by atoms with Crippen LogP contribution in [0.2, 0.25) is 0 Å².